The summed E-state index contributed by atoms with van der Waals surface area (Å²) in [5, 5.41) is 15.4. The van der Waals surface area contributed by atoms with Gasteiger partial charge in [-0.05, 0) is 45.6 Å². The summed E-state index contributed by atoms with van der Waals surface area (Å²) in [6.07, 6.45) is 1.56. The molecule has 0 aliphatic carbocycles. The second-order valence-electron chi connectivity index (χ2n) is 5.39. The quantitative estimate of drug-likeness (QED) is 0.461. The van der Waals surface area contributed by atoms with Crippen LogP contribution >= 0.6 is 27.5 Å². The number of carbonyl (C=O) groups excluding carboxylic acids is 1. The normalized spacial score (nSPS) is 11.0. The minimum absolute atomic E-state index is 0.0822. The van der Waals surface area contributed by atoms with Gasteiger partial charge < -0.3 is 9.84 Å². The standard InChI is InChI=1S/C19H14BrClN2O3/c1-26-18-14-5-3-2-4-13(14)12(8-15(18)20)10-22-23-19(25)11-6-7-17(24)16(21)9-11/h2-10,24H,1H3,(H,23,25)/b22-10+. The monoisotopic (exact) mass is 432 g/mol. The third kappa shape index (κ3) is 3.66. The summed E-state index contributed by atoms with van der Waals surface area (Å²) < 4.78 is 6.23. The molecule has 0 atom stereocenters. The highest BCUT2D eigenvalue weighted by molar-refractivity contribution is 9.10. The molecule has 0 radical (unpaired) electrons. The van der Waals surface area contributed by atoms with Gasteiger partial charge >= 0.3 is 0 Å². The van der Waals surface area contributed by atoms with Crippen LogP contribution in [0, 0.1) is 0 Å². The van der Waals surface area contributed by atoms with Crippen molar-refractivity contribution in [3.05, 3.63) is 69.2 Å². The smallest absolute Gasteiger partial charge is 0.271 e. The van der Waals surface area contributed by atoms with Crippen molar-refractivity contribution in [2.45, 2.75) is 0 Å². The molecule has 0 saturated carbocycles. The molecule has 26 heavy (non-hydrogen) atoms. The second-order valence-corrected chi connectivity index (χ2v) is 6.65. The molecule has 0 aliphatic rings. The molecule has 0 aromatic heterocycles. The lowest BCUT2D eigenvalue weighted by atomic mass is 10.0. The van der Waals surface area contributed by atoms with Gasteiger partial charge in [0.2, 0.25) is 0 Å². The number of nitrogens with one attached hydrogen (secondary N) is 1. The maximum atomic E-state index is 12.1. The molecule has 7 heteroatoms. The zero-order valence-corrected chi connectivity index (χ0v) is 16.0. The van der Waals surface area contributed by atoms with Crippen molar-refractivity contribution >= 4 is 50.4 Å². The van der Waals surface area contributed by atoms with E-state index in [9.17, 15) is 9.90 Å². The molecule has 0 spiro atoms. The number of carbonyl (C=O) groups is 1. The summed E-state index contributed by atoms with van der Waals surface area (Å²) in [5.41, 5.74) is 3.56. The Morgan fingerprint density at radius 1 is 1.23 bits per heavy atom. The molecule has 5 nitrogen and oxygen atoms in total. The Morgan fingerprint density at radius 2 is 1.96 bits per heavy atom. The molecule has 1 amide bonds. The Hall–Kier alpha value is -2.57. The van der Waals surface area contributed by atoms with Crippen molar-refractivity contribution < 1.29 is 14.6 Å². The first-order valence-electron chi connectivity index (χ1n) is 7.58. The third-order valence-corrected chi connectivity index (χ3v) is 4.66. The van der Waals surface area contributed by atoms with E-state index in [4.69, 9.17) is 16.3 Å². The predicted octanol–water partition coefficient (Wildman–Crippen LogP) is 4.73. The summed E-state index contributed by atoms with van der Waals surface area (Å²) in [6.45, 7) is 0. The van der Waals surface area contributed by atoms with E-state index in [1.165, 1.54) is 18.2 Å². The van der Waals surface area contributed by atoms with Crippen LogP contribution in [0.1, 0.15) is 15.9 Å². The fourth-order valence-corrected chi connectivity index (χ4v) is 3.33. The van der Waals surface area contributed by atoms with Crippen LogP contribution in [0.2, 0.25) is 5.02 Å². The number of hydrogen-bond donors (Lipinski definition) is 2. The van der Waals surface area contributed by atoms with Crippen LogP contribution in [0.5, 0.6) is 11.5 Å². The average Bonchev–Trinajstić information content (AvgIpc) is 2.64. The molecule has 0 fully saturated rings. The average molecular weight is 434 g/mol. The molecule has 0 unspecified atom stereocenters. The first-order chi connectivity index (χ1) is 12.5. The van der Waals surface area contributed by atoms with Gasteiger partial charge in [0, 0.05) is 16.5 Å². The number of halogens is 2. The number of phenolic OH excluding ortho intramolecular Hbond substituents is 1. The molecule has 3 aromatic carbocycles. The van der Waals surface area contributed by atoms with Gasteiger partial charge in [-0.15, -0.1) is 0 Å². The van der Waals surface area contributed by atoms with Gasteiger partial charge in [-0.25, -0.2) is 5.43 Å². The highest BCUT2D eigenvalue weighted by Crippen LogP contribution is 2.35. The highest BCUT2D eigenvalue weighted by atomic mass is 79.9. The summed E-state index contributed by atoms with van der Waals surface area (Å²) in [4.78, 5) is 12.1. The summed E-state index contributed by atoms with van der Waals surface area (Å²) in [7, 11) is 1.61. The lowest BCUT2D eigenvalue weighted by Crippen LogP contribution is -2.17. The maximum absolute atomic E-state index is 12.1. The van der Waals surface area contributed by atoms with E-state index in [0.29, 0.717) is 5.56 Å². The molecule has 3 aromatic rings. The number of rotatable bonds is 4. The summed E-state index contributed by atoms with van der Waals surface area (Å²) >= 11 is 9.30. The number of hydrazone groups is 1. The van der Waals surface area contributed by atoms with Crippen molar-refractivity contribution in [1.82, 2.24) is 5.43 Å². The second kappa shape index (κ2) is 7.76. The van der Waals surface area contributed by atoms with Gasteiger partial charge in [-0.2, -0.15) is 5.10 Å². The number of phenols is 1. The molecule has 0 saturated heterocycles. The largest absolute Gasteiger partial charge is 0.506 e. The Kier molecular flexibility index (Phi) is 5.44. The van der Waals surface area contributed by atoms with Crippen molar-refractivity contribution in [1.29, 1.82) is 0 Å². The first-order valence-corrected chi connectivity index (χ1v) is 8.75. The Labute approximate surface area is 163 Å². The minimum Gasteiger partial charge on any atom is -0.506 e. The van der Waals surface area contributed by atoms with Gasteiger partial charge in [0.05, 0.1) is 22.8 Å². The zero-order valence-electron chi connectivity index (χ0n) is 13.7. The fraction of sp³-hybridized carbons (Fsp3) is 0.0526. The van der Waals surface area contributed by atoms with Crippen LogP contribution in [0.4, 0.5) is 0 Å². The summed E-state index contributed by atoms with van der Waals surface area (Å²) in [5.74, 6) is 0.224. The Morgan fingerprint density at radius 3 is 2.65 bits per heavy atom. The van der Waals surface area contributed by atoms with Crippen molar-refractivity contribution in [2.24, 2.45) is 5.10 Å². The summed E-state index contributed by atoms with van der Waals surface area (Å²) in [6, 6.07) is 13.8. The molecule has 3 rings (SSSR count). The van der Waals surface area contributed by atoms with Crippen molar-refractivity contribution in [2.75, 3.05) is 7.11 Å². The molecule has 2 N–H and O–H groups in total. The van der Waals surface area contributed by atoms with E-state index < -0.39 is 5.91 Å². The molecular weight excluding hydrogens is 420 g/mol. The number of fused-ring (bicyclic) bond motifs is 1. The number of benzene rings is 3. The van der Waals surface area contributed by atoms with Crippen LogP contribution in [0.25, 0.3) is 10.8 Å². The number of ether oxygens (including phenoxy) is 1. The number of methoxy groups -OCH3 is 1. The molecule has 0 heterocycles. The van der Waals surface area contributed by atoms with Crippen LogP contribution in [0.15, 0.2) is 58.1 Å². The number of aromatic hydroxyl groups is 1. The molecule has 0 bridgehead atoms. The van der Waals surface area contributed by atoms with Gasteiger partial charge in [-0.3, -0.25) is 4.79 Å². The van der Waals surface area contributed by atoms with Crippen molar-refractivity contribution in [3.63, 3.8) is 0 Å². The van der Waals surface area contributed by atoms with Gasteiger partial charge in [0.25, 0.3) is 5.91 Å². The first kappa shape index (κ1) is 18.2. The molecule has 0 aliphatic heterocycles. The van der Waals surface area contributed by atoms with Crippen LogP contribution in [-0.2, 0) is 0 Å². The number of hydrogen-bond acceptors (Lipinski definition) is 4. The van der Waals surface area contributed by atoms with Gasteiger partial charge in [-0.1, -0.05) is 35.9 Å². The Balaban J connectivity index is 1.87. The fourth-order valence-electron chi connectivity index (χ4n) is 2.53. The van der Waals surface area contributed by atoms with E-state index in [1.807, 2.05) is 30.3 Å². The number of amides is 1. The van der Waals surface area contributed by atoms with E-state index in [-0.39, 0.29) is 10.8 Å². The lowest BCUT2D eigenvalue weighted by molar-refractivity contribution is 0.0955. The van der Waals surface area contributed by atoms with E-state index in [1.54, 1.807) is 13.3 Å². The predicted molar refractivity (Wildman–Crippen MR) is 106 cm³/mol. The van der Waals surface area contributed by atoms with E-state index in [0.717, 1.165) is 26.6 Å². The van der Waals surface area contributed by atoms with E-state index in [2.05, 4.69) is 26.5 Å². The van der Waals surface area contributed by atoms with Crippen molar-refractivity contribution in [3.8, 4) is 11.5 Å². The highest BCUT2D eigenvalue weighted by Gasteiger charge is 2.10. The molecule has 132 valence electrons. The van der Waals surface area contributed by atoms with Crippen LogP contribution in [-0.4, -0.2) is 24.3 Å². The van der Waals surface area contributed by atoms with Gasteiger partial charge in [0.1, 0.15) is 11.5 Å². The van der Waals surface area contributed by atoms with Gasteiger partial charge in [0.15, 0.2) is 0 Å². The Bertz CT molecular complexity index is 1020. The topological polar surface area (TPSA) is 70.9 Å². The molecular formula is C19H14BrClN2O3. The van der Waals surface area contributed by atoms with Crippen LogP contribution in [0.3, 0.4) is 0 Å². The van der Waals surface area contributed by atoms with Crippen LogP contribution < -0.4 is 10.2 Å². The zero-order chi connectivity index (χ0) is 18.7. The third-order valence-electron chi connectivity index (χ3n) is 3.77. The van der Waals surface area contributed by atoms with E-state index >= 15 is 0 Å². The minimum atomic E-state index is -0.431. The SMILES string of the molecule is COc1c(Br)cc(/C=N/NC(=O)c2ccc(O)c(Cl)c2)c2ccccc12. The lowest BCUT2D eigenvalue weighted by Gasteiger charge is -2.10. The number of nitrogens with zero attached hydrogens (tertiary/aromatic N) is 1. The maximum Gasteiger partial charge on any atom is 0.271 e.